The van der Waals surface area contributed by atoms with Crippen LogP contribution in [-0.2, 0) is 32.3 Å². The van der Waals surface area contributed by atoms with E-state index in [1.54, 1.807) is 24.0 Å². The molecule has 154 valence electrons. The molecule has 0 unspecified atom stereocenters. The number of nitrogens with one attached hydrogen (secondary N) is 1. The van der Waals surface area contributed by atoms with E-state index in [-0.39, 0.29) is 23.1 Å². The Bertz CT molecular complexity index is 1030. The maximum absolute atomic E-state index is 13.0. The Morgan fingerprint density at radius 1 is 1.14 bits per heavy atom. The van der Waals surface area contributed by atoms with Crippen LogP contribution in [0.3, 0.4) is 0 Å². The van der Waals surface area contributed by atoms with Gasteiger partial charge in [0, 0.05) is 31.3 Å². The fraction of sp³-hybridized carbons (Fsp3) is 0.364. The van der Waals surface area contributed by atoms with Gasteiger partial charge in [-0.25, -0.2) is 8.42 Å². The summed E-state index contributed by atoms with van der Waals surface area (Å²) in [5.41, 5.74) is 3.42. The molecule has 0 bridgehead atoms. The molecule has 1 heterocycles. The number of nitrogens with zero attached hydrogens (tertiary/aromatic N) is 1. The second kappa shape index (κ2) is 8.37. The molecule has 0 aliphatic carbocycles. The van der Waals surface area contributed by atoms with Crippen molar-refractivity contribution >= 4 is 33.0 Å². The minimum atomic E-state index is -3.66. The minimum Gasteiger partial charge on any atom is -0.326 e. The molecule has 0 aromatic heterocycles. The molecule has 2 aromatic carbocycles. The number of carbonyl (C=O) groups is 2. The number of hydrogen-bond donors (Lipinski definition) is 1. The van der Waals surface area contributed by atoms with E-state index in [0.29, 0.717) is 18.7 Å². The molecule has 3 rings (SSSR count). The zero-order valence-electron chi connectivity index (χ0n) is 16.9. The van der Waals surface area contributed by atoms with Crippen molar-refractivity contribution in [2.24, 2.45) is 0 Å². The van der Waals surface area contributed by atoms with Crippen molar-refractivity contribution in [3.63, 3.8) is 0 Å². The fourth-order valence-electron chi connectivity index (χ4n) is 3.52. The summed E-state index contributed by atoms with van der Waals surface area (Å²) in [6.45, 7) is 5.65. The third-order valence-corrected chi connectivity index (χ3v) is 7.44. The number of anilines is 2. The average molecular weight is 415 g/mol. The number of hydrogen-bond acceptors (Lipinski definition) is 4. The number of carbonyl (C=O) groups excluding carboxylic acids is 2. The monoisotopic (exact) mass is 414 g/mol. The van der Waals surface area contributed by atoms with Crippen LogP contribution in [0.25, 0.3) is 0 Å². The second-order valence-corrected chi connectivity index (χ2v) is 9.74. The summed E-state index contributed by atoms with van der Waals surface area (Å²) >= 11 is 0. The smallest absolute Gasteiger partial charge is 0.225 e. The van der Waals surface area contributed by atoms with Crippen molar-refractivity contribution in [1.29, 1.82) is 0 Å². The van der Waals surface area contributed by atoms with Crippen LogP contribution in [0.1, 0.15) is 38.3 Å². The van der Waals surface area contributed by atoms with Gasteiger partial charge in [-0.15, -0.1) is 0 Å². The molecule has 0 fully saturated rings. The molecule has 2 aromatic rings. The lowest BCUT2D eigenvalue weighted by atomic mass is 10.1. The lowest BCUT2D eigenvalue weighted by Crippen LogP contribution is -2.26. The van der Waals surface area contributed by atoms with Crippen molar-refractivity contribution in [3.8, 4) is 0 Å². The van der Waals surface area contributed by atoms with Gasteiger partial charge in [0.15, 0.2) is 9.84 Å². The molecule has 1 aliphatic heterocycles. The third-order valence-electron chi connectivity index (χ3n) is 5.30. The SMILES string of the molecule is CCc1ccc(NC(=O)C[C@H](C)S(=O)(=O)c2ccc3c(c2)CCN3C(C)=O)cc1. The molecule has 0 saturated heterocycles. The number of rotatable bonds is 6. The van der Waals surface area contributed by atoms with Crippen LogP contribution in [0, 0.1) is 0 Å². The standard InChI is InChI=1S/C22H26N2O4S/c1-4-17-5-7-19(8-6-17)23-22(26)13-15(2)29(27,28)20-9-10-21-18(14-20)11-12-24(21)16(3)25/h5-10,14-15H,4,11-13H2,1-3H3,(H,23,26)/t15-/m0/s1. The molecule has 0 spiro atoms. The van der Waals surface area contributed by atoms with Crippen molar-refractivity contribution in [3.05, 3.63) is 53.6 Å². The van der Waals surface area contributed by atoms with Crippen molar-refractivity contribution in [2.45, 2.75) is 50.2 Å². The van der Waals surface area contributed by atoms with Gasteiger partial charge < -0.3 is 10.2 Å². The van der Waals surface area contributed by atoms with Gasteiger partial charge in [0.05, 0.1) is 10.1 Å². The van der Waals surface area contributed by atoms with Gasteiger partial charge in [-0.3, -0.25) is 9.59 Å². The van der Waals surface area contributed by atoms with Crippen LogP contribution in [0.15, 0.2) is 47.4 Å². The Kier molecular flexibility index (Phi) is 6.07. The second-order valence-electron chi connectivity index (χ2n) is 7.37. The summed E-state index contributed by atoms with van der Waals surface area (Å²) in [5, 5.41) is 1.90. The number of sulfone groups is 1. The minimum absolute atomic E-state index is 0.0589. The third kappa shape index (κ3) is 4.50. The molecule has 29 heavy (non-hydrogen) atoms. The van der Waals surface area contributed by atoms with Crippen LogP contribution in [-0.4, -0.2) is 32.0 Å². The van der Waals surface area contributed by atoms with Crippen LogP contribution < -0.4 is 10.2 Å². The van der Waals surface area contributed by atoms with Crippen LogP contribution in [0.2, 0.25) is 0 Å². The van der Waals surface area contributed by atoms with Crippen LogP contribution in [0.5, 0.6) is 0 Å². The summed E-state index contributed by atoms with van der Waals surface area (Å²) in [7, 11) is -3.66. The van der Waals surface area contributed by atoms with Crippen molar-refractivity contribution in [1.82, 2.24) is 0 Å². The first-order valence-corrected chi connectivity index (χ1v) is 11.3. The average Bonchev–Trinajstić information content (AvgIpc) is 3.12. The Labute approximate surface area is 171 Å². The van der Waals surface area contributed by atoms with E-state index in [1.807, 2.05) is 24.3 Å². The van der Waals surface area contributed by atoms with Gasteiger partial charge in [-0.05, 0) is 61.2 Å². The lowest BCUT2D eigenvalue weighted by Gasteiger charge is -2.16. The zero-order valence-corrected chi connectivity index (χ0v) is 17.8. The molecule has 1 N–H and O–H groups in total. The van der Waals surface area contributed by atoms with Gasteiger partial charge in [-0.2, -0.15) is 0 Å². The Morgan fingerprint density at radius 3 is 2.45 bits per heavy atom. The summed E-state index contributed by atoms with van der Waals surface area (Å²) in [6, 6.07) is 12.3. The van der Waals surface area contributed by atoms with Gasteiger partial charge in [0.25, 0.3) is 0 Å². The first-order chi connectivity index (χ1) is 13.7. The topological polar surface area (TPSA) is 83.6 Å². The van der Waals surface area contributed by atoms with E-state index in [2.05, 4.69) is 12.2 Å². The van der Waals surface area contributed by atoms with Gasteiger partial charge in [-0.1, -0.05) is 19.1 Å². The molecule has 1 atom stereocenters. The van der Waals surface area contributed by atoms with E-state index in [4.69, 9.17) is 0 Å². The van der Waals surface area contributed by atoms with Gasteiger partial charge in [0.2, 0.25) is 11.8 Å². The number of amides is 2. The largest absolute Gasteiger partial charge is 0.326 e. The Morgan fingerprint density at radius 2 is 1.83 bits per heavy atom. The van der Waals surface area contributed by atoms with Crippen LogP contribution >= 0.6 is 0 Å². The van der Waals surface area contributed by atoms with E-state index < -0.39 is 15.1 Å². The van der Waals surface area contributed by atoms with E-state index in [1.165, 1.54) is 18.6 Å². The van der Waals surface area contributed by atoms with Crippen LogP contribution in [0.4, 0.5) is 11.4 Å². The summed E-state index contributed by atoms with van der Waals surface area (Å²) < 4.78 is 25.9. The molecule has 7 heteroatoms. The fourth-order valence-corrected chi connectivity index (χ4v) is 4.92. The highest BCUT2D eigenvalue weighted by atomic mass is 32.2. The number of fused-ring (bicyclic) bond motifs is 1. The first-order valence-electron chi connectivity index (χ1n) is 9.76. The molecule has 6 nitrogen and oxygen atoms in total. The summed E-state index contributed by atoms with van der Waals surface area (Å²) in [6.07, 6.45) is 1.41. The highest BCUT2D eigenvalue weighted by molar-refractivity contribution is 7.92. The van der Waals surface area contributed by atoms with Crippen molar-refractivity contribution in [2.75, 3.05) is 16.8 Å². The van der Waals surface area contributed by atoms with Crippen molar-refractivity contribution < 1.29 is 18.0 Å². The highest BCUT2D eigenvalue weighted by Gasteiger charge is 2.29. The molecule has 1 aliphatic rings. The summed E-state index contributed by atoms with van der Waals surface area (Å²) in [4.78, 5) is 25.8. The highest BCUT2D eigenvalue weighted by Crippen LogP contribution is 2.31. The van der Waals surface area contributed by atoms with E-state index >= 15 is 0 Å². The predicted molar refractivity (Wildman–Crippen MR) is 114 cm³/mol. The number of benzene rings is 2. The first kappa shape index (κ1) is 21.0. The molecule has 2 amide bonds. The van der Waals surface area contributed by atoms with E-state index in [0.717, 1.165) is 17.7 Å². The normalized spacial score (nSPS) is 14.4. The van der Waals surface area contributed by atoms with Gasteiger partial charge in [0.1, 0.15) is 0 Å². The Hall–Kier alpha value is -2.67. The molecule has 0 saturated carbocycles. The Balaban J connectivity index is 1.70. The molecular weight excluding hydrogens is 388 g/mol. The predicted octanol–water partition coefficient (Wildman–Crippen LogP) is 3.35. The zero-order chi connectivity index (χ0) is 21.2. The van der Waals surface area contributed by atoms with Gasteiger partial charge >= 0.3 is 0 Å². The molecule has 0 radical (unpaired) electrons. The summed E-state index contributed by atoms with van der Waals surface area (Å²) in [5.74, 6) is -0.398. The maximum Gasteiger partial charge on any atom is 0.225 e. The molecular formula is C22H26N2O4S. The quantitative estimate of drug-likeness (QED) is 0.786. The number of aryl methyl sites for hydroxylation is 1. The maximum atomic E-state index is 13.0. The lowest BCUT2D eigenvalue weighted by molar-refractivity contribution is -0.117. The van der Waals surface area contributed by atoms with E-state index in [9.17, 15) is 18.0 Å².